The Morgan fingerprint density at radius 3 is 3.21 bits per heavy atom. The van der Waals surface area contributed by atoms with E-state index in [9.17, 15) is 0 Å². The second-order valence-electron chi connectivity index (χ2n) is 3.56. The molecule has 2 rings (SSSR count). The van der Waals surface area contributed by atoms with Gasteiger partial charge in [-0.1, -0.05) is 0 Å². The van der Waals surface area contributed by atoms with Crippen LogP contribution in [-0.2, 0) is 4.74 Å². The zero-order valence-corrected chi connectivity index (χ0v) is 8.31. The van der Waals surface area contributed by atoms with Crippen molar-refractivity contribution in [1.82, 2.24) is 4.98 Å². The molecule has 2 N–H and O–H groups in total. The summed E-state index contributed by atoms with van der Waals surface area (Å²) < 4.78 is 5.36. The normalized spacial score (nSPS) is 22.4. The maximum atomic E-state index is 5.71. The third-order valence-electron chi connectivity index (χ3n) is 2.43. The predicted molar refractivity (Wildman–Crippen MR) is 56.3 cm³/mol. The molecule has 0 spiro atoms. The summed E-state index contributed by atoms with van der Waals surface area (Å²) >= 11 is 0. The van der Waals surface area contributed by atoms with Gasteiger partial charge < -0.3 is 15.4 Å². The molecular formula is C10H15N3O. The van der Waals surface area contributed by atoms with Gasteiger partial charge in [0.1, 0.15) is 5.82 Å². The van der Waals surface area contributed by atoms with Gasteiger partial charge in [0.25, 0.3) is 0 Å². The van der Waals surface area contributed by atoms with Crippen LogP contribution in [0.1, 0.15) is 6.92 Å². The Bertz CT molecular complexity index is 316. The third kappa shape index (κ3) is 1.80. The van der Waals surface area contributed by atoms with Crippen LogP contribution in [0, 0.1) is 0 Å². The van der Waals surface area contributed by atoms with Crippen molar-refractivity contribution < 1.29 is 4.74 Å². The van der Waals surface area contributed by atoms with E-state index in [1.165, 1.54) is 0 Å². The number of pyridine rings is 1. The van der Waals surface area contributed by atoms with E-state index < -0.39 is 0 Å². The molecule has 0 radical (unpaired) electrons. The fourth-order valence-corrected chi connectivity index (χ4v) is 1.66. The molecule has 4 heteroatoms. The van der Waals surface area contributed by atoms with Gasteiger partial charge in [0.15, 0.2) is 0 Å². The lowest BCUT2D eigenvalue weighted by Gasteiger charge is -2.34. The van der Waals surface area contributed by atoms with E-state index >= 15 is 0 Å². The second kappa shape index (κ2) is 3.84. The summed E-state index contributed by atoms with van der Waals surface area (Å²) in [5.41, 5.74) is 6.47. The Balaban J connectivity index is 2.20. The summed E-state index contributed by atoms with van der Waals surface area (Å²) in [4.78, 5) is 6.53. The zero-order valence-electron chi connectivity index (χ0n) is 8.31. The molecule has 1 fully saturated rings. The van der Waals surface area contributed by atoms with Crippen LogP contribution in [-0.4, -0.2) is 30.8 Å². The molecule has 0 aromatic carbocycles. The van der Waals surface area contributed by atoms with Gasteiger partial charge in [0.05, 0.1) is 19.3 Å². The Hall–Kier alpha value is -1.29. The summed E-state index contributed by atoms with van der Waals surface area (Å²) in [6.07, 6.45) is 1.74. The minimum Gasteiger partial charge on any atom is -0.399 e. The number of nitrogen functional groups attached to an aromatic ring is 1. The van der Waals surface area contributed by atoms with Crippen LogP contribution in [0.2, 0.25) is 0 Å². The number of aromatic nitrogens is 1. The Morgan fingerprint density at radius 2 is 2.50 bits per heavy atom. The maximum Gasteiger partial charge on any atom is 0.130 e. The SMILES string of the molecule is CC1COCCN1c1cc(N)ccn1. The van der Waals surface area contributed by atoms with Crippen molar-refractivity contribution in [2.45, 2.75) is 13.0 Å². The largest absolute Gasteiger partial charge is 0.399 e. The quantitative estimate of drug-likeness (QED) is 0.719. The predicted octanol–water partition coefficient (Wildman–Crippen LogP) is 0.889. The highest BCUT2D eigenvalue weighted by Crippen LogP contribution is 2.18. The van der Waals surface area contributed by atoms with Gasteiger partial charge in [0.2, 0.25) is 0 Å². The van der Waals surface area contributed by atoms with E-state index in [2.05, 4.69) is 16.8 Å². The zero-order chi connectivity index (χ0) is 9.97. The molecule has 1 saturated heterocycles. The number of anilines is 2. The van der Waals surface area contributed by atoms with Crippen LogP contribution < -0.4 is 10.6 Å². The van der Waals surface area contributed by atoms with Crippen LogP contribution in [0.25, 0.3) is 0 Å². The first-order valence-electron chi connectivity index (χ1n) is 4.83. The van der Waals surface area contributed by atoms with Gasteiger partial charge in [-0.15, -0.1) is 0 Å². The smallest absolute Gasteiger partial charge is 0.130 e. The lowest BCUT2D eigenvalue weighted by molar-refractivity contribution is 0.0985. The molecule has 1 aromatic heterocycles. The van der Waals surface area contributed by atoms with Crippen molar-refractivity contribution in [1.29, 1.82) is 0 Å². The summed E-state index contributed by atoms with van der Waals surface area (Å²) in [6.45, 7) is 4.54. The molecule has 1 aliphatic rings. The van der Waals surface area contributed by atoms with Crippen LogP contribution in [0.15, 0.2) is 18.3 Å². The molecule has 0 amide bonds. The topological polar surface area (TPSA) is 51.4 Å². The van der Waals surface area contributed by atoms with Gasteiger partial charge in [-0.2, -0.15) is 0 Å². The Kier molecular flexibility index (Phi) is 2.54. The molecule has 0 aliphatic carbocycles. The molecular weight excluding hydrogens is 178 g/mol. The number of nitrogens with zero attached hydrogens (tertiary/aromatic N) is 2. The van der Waals surface area contributed by atoms with Gasteiger partial charge >= 0.3 is 0 Å². The number of morpholine rings is 1. The monoisotopic (exact) mass is 193 g/mol. The second-order valence-corrected chi connectivity index (χ2v) is 3.56. The van der Waals surface area contributed by atoms with E-state index in [1.54, 1.807) is 12.3 Å². The van der Waals surface area contributed by atoms with Crippen molar-refractivity contribution in [3.8, 4) is 0 Å². The molecule has 0 bridgehead atoms. The molecule has 14 heavy (non-hydrogen) atoms. The van der Waals surface area contributed by atoms with Crippen molar-refractivity contribution in [3.05, 3.63) is 18.3 Å². The Morgan fingerprint density at radius 1 is 1.64 bits per heavy atom. The first kappa shape index (κ1) is 9.27. The van der Waals surface area contributed by atoms with Crippen molar-refractivity contribution in [3.63, 3.8) is 0 Å². The molecule has 1 atom stereocenters. The molecule has 4 nitrogen and oxygen atoms in total. The van der Waals surface area contributed by atoms with E-state index in [1.807, 2.05) is 6.07 Å². The standard InChI is InChI=1S/C10H15N3O/c1-8-7-14-5-4-13(8)10-6-9(11)2-3-12-10/h2-3,6,8H,4-5,7H2,1H3,(H2,11,12). The number of ether oxygens (including phenoxy) is 1. The van der Waals surface area contributed by atoms with Crippen molar-refractivity contribution in [2.24, 2.45) is 0 Å². The number of nitrogens with two attached hydrogens (primary N) is 1. The van der Waals surface area contributed by atoms with E-state index in [4.69, 9.17) is 10.5 Å². The molecule has 0 saturated carbocycles. The highest BCUT2D eigenvalue weighted by Gasteiger charge is 2.19. The first-order chi connectivity index (χ1) is 6.77. The minimum absolute atomic E-state index is 0.373. The fourth-order valence-electron chi connectivity index (χ4n) is 1.66. The number of rotatable bonds is 1. The van der Waals surface area contributed by atoms with Crippen molar-refractivity contribution >= 4 is 11.5 Å². The average molecular weight is 193 g/mol. The molecule has 76 valence electrons. The summed E-state index contributed by atoms with van der Waals surface area (Å²) in [7, 11) is 0. The fraction of sp³-hybridized carbons (Fsp3) is 0.500. The average Bonchev–Trinajstić information content (AvgIpc) is 2.18. The summed E-state index contributed by atoms with van der Waals surface area (Å²) in [6, 6.07) is 4.08. The van der Waals surface area contributed by atoms with E-state index in [0.717, 1.165) is 31.3 Å². The third-order valence-corrected chi connectivity index (χ3v) is 2.43. The Labute approximate surface area is 83.7 Å². The summed E-state index contributed by atoms with van der Waals surface area (Å²) in [5.74, 6) is 0.945. The van der Waals surface area contributed by atoms with E-state index in [0.29, 0.717) is 6.04 Å². The van der Waals surface area contributed by atoms with Gasteiger partial charge in [-0.3, -0.25) is 0 Å². The first-order valence-corrected chi connectivity index (χ1v) is 4.83. The molecule has 1 aliphatic heterocycles. The van der Waals surface area contributed by atoms with Crippen molar-refractivity contribution in [2.75, 3.05) is 30.4 Å². The van der Waals surface area contributed by atoms with Crippen LogP contribution in [0.4, 0.5) is 11.5 Å². The lowest BCUT2D eigenvalue weighted by atomic mass is 10.2. The van der Waals surface area contributed by atoms with Crippen LogP contribution in [0.5, 0.6) is 0 Å². The van der Waals surface area contributed by atoms with Crippen LogP contribution in [0.3, 0.4) is 0 Å². The molecule has 1 unspecified atom stereocenters. The summed E-state index contributed by atoms with van der Waals surface area (Å²) in [5, 5.41) is 0. The molecule has 2 heterocycles. The highest BCUT2D eigenvalue weighted by atomic mass is 16.5. The minimum atomic E-state index is 0.373. The lowest BCUT2D eigenvalue weighted by Crippen LogP contribution is -2.44. The number of hydrogen-bond acceptors (Lipinski definition) is 4. The number of hydrogen-bond donors (Lipinski definition) is 1. The van der Waals surface area contributed by atoms with Gasteiger partial charge in [-0.05, 0) is 13.0 Å². The highest BCUT2D eigenvalue weighted by molar-refractivity contribution is 5.50. The van der Waals surface area contributed by atoms with Crippen LogP contribution >= 0.6 is 0 Å². The molecule has 1 aromatic rings. The van der Waals surface area contributed by atoms with E-state index in [-0.39, 0.29) is 0 Å². The van der Waals surface area contributed by atoms with Gasteiger partial charge in [-0.25, -0.2) is 4.98 Å². The maximum absolute atomic E-state index is 5.71. The van der Waals surface area contributed by atoms with Gasteiger partial charge in [0, 0.05) is 24.5 Å².